The molecular formula is C11H10ClN3O2S. The summed E-state index contributed by atoms with van der Waals surface area (Å²) in [5, 5.41) is 5.14. The highest BCUT2D eigenvalue weighted by atomic mass is 35.5. The van der Waals surface area contributed by atoms with Crippen LogP contribution in [0.1, 0.15) is 9.67 Å². The van der Waals surface area contributed by atoms with Crippen LogP contribution in [0.25, 0.3) is 0 Å². The van der Waals surface area contributed by atoms with Gasteiger partial charge in [0, 0.05) is 6.07 Å². The molecule has 0 aliphatic rings. The van der Waals surface area contributed by atoms with Crippen LogP contribution in [0.2, 0.25) is 5.15 Å². The van der Waals surface area contributed by atoms with E-state index in [2.05, 4.69) is 15.0 Å². The lowest BCUT2D eigenvalue weighted by Gasteiger charge is -2.09. The Kier molecular flexibility index (Phi) is 3.69. The van der Waals surface area contributed by atoms with Crippen molar-refractivity contribution < 1.29 is 9.53 Å². The number of nitrogen functional groups attached to an aromatic ring is 1. The zero-order valence-corrected chi connectivity index (χ0v) is 11.0. The van der Waals surface area contributed by atoms with E-state index in [-0.39, 0.29) is 0 Å². The quantitative estimate of drug-likeness (QED) is 0.669. The van der Waals surface area contributed by atoms with Crippen molar-refractivity contribution in [2.24, 2.45) is 0 Å². The first-order valence-electron chi connectivity index (χ1n) is 4.95. The first kappa shape index (κ1) is 12.7. The van der Waals surface area contributed by atoms with Crippen LogP contribution in [0.3, 0.4) is 0 Å². The van der Waals surface area contributed by atoms with Crippen LogP contribution < -0.4 is 11.1 Å². The SMILES string of the molecule is COC(=O)c1sccc1Nc1cc(Cl)ncc1N. The van der Waals surface area contributed by atoms with Crippen LogP contribution in [0, 0.1) is 0 Å². The Morgan fingerprint density at radius 1 is 1.56 bits per heavy atom. The van der Waals surface area contributed by atoms with Crippen LogP contribution in [0.4, 0.5) is 17.1 Å². The summed E-state index contributed by atoms with van der Waals surface area (Å²) in [5.41, 5.74) is 7.44. The molecule has 3 N–H and O–H groups in total. The molecule has 0 spiro atoms. The number of hydrogen-bond acceptors (Lipinski definition) is 6. The number of methoxy groups -OCH3 is 1. The molecule has 2 rings (SSSR count). The molecule has 0 saturated carbocycles. The Balaban J connectivity index is 2.32. The van der Waals surface area contributed by atoms with E-state index >= 15 is 0 Å². The van der Waals surface area contributed by atoms with Gasteiger partial charge in [-0.15, -0.1) is 11.3 Å². The summed E-state index contributed by atoms with van der Waals surface area (Å²) in [6, 6.07) is 3.36. The molecule has 2 aromatic rings. The van der Waals surface area contributed by atoms with E-state index in [4.69, 9.17) is 17.3 Å². The zero-order chi connectivity index (χ0) is 13.1. The maximum absolute atomic E-state index is 11.5. The van der Waals surface area contributed by atoms with Crippen molar-refractivity contribution in [3.05, 3.63) is 33.7 Å². The lowest BCUT2D eigenvalue weighted by atomic mass is 10.3. The monoisotopic (exact) mass is 283 g/mol. The molecule has 0 atom stereocenters. The molecule has 0 saturated heterocycles. The van der Waals surface area contributed by atoms with Crippen molar-refractivity contribution in [1.29, 1.82) is 0 Å². The first-order valence-corrected chi connectivity index (χ1v) is 6.21. The van der Waals surface area contributed by atoms with Gasteiger partial charge >= 0.3 is 5.97 Å². The number of halogens is 1. The molecule has 7 heteroatoms. The molecule has 0 bridgehead atoms. The normalized spacial score (nSPS) is 10.1. The number of rotatable bonds is 3. The summed E-state index contributed by atoms with van der Waals surface area (Å²) >= 11 is 7.08. The van der Waals surface area contributed by atoms with E-state index in [1.54, 1.807) is 17.5 Å². The van der Waals surface area contributed by atoms with Crippen molar-refractivity contribution >= 4 is 46.0 Å². The van der Waals surface area contributed by atoms with E-state index in [0.29, 0.717) is 27.1 Å². The zero-order valence-electron chi connectivity index (χ0n) is 9.44. The average molecular weight is 284 g/mol. The fraction of sp³-hybridized carbons (Fsp3) is 0.0909. The second-order valence-corrected chi connectivity index (χ2v) is 4.68. The third kappa shape index (κ3) is 2.55. The highest BCUT2D eigenvalue weighted by Crippen LogP contribution is 2.30. The molecule has 0 radical (unpaired) electrons. The second kappa shape index (κ2) is 5.24. The van der Waals surface area contributed by atoms with Gasteiger partial charge in [0.2, 0.25) is 0 Å². The van der Waals surface area contributed by atoms with Crippen LogP contribution in [-0.2, 0) is 4.74 Å². The van der Waals surface area contributed by atoms with Crippen LogP contribution in [0.15, 0.2) is 23.7 Å². The third-order valence-electron chi connectivity index (χ3n) is 2.21. The van der Waals surface area contributed by atoms with E-state index in [1.807, 2.05) is 0 Å². The van der Waals surface area contributed by atoms with Crippen LogP contribution >= 0.6 is 22.9 Å². The van der Waals surface area contributed by atoms with E-state index in [9.17, 15) is 4.79 Å². The third-order valence-corrected chi connectivity index (χ3v) is 3.31. The van der Waals surface area contributed by atoms with Gasteiger partial charge < -0.3 is 15.8 Å². The Labute approximate surface area is 113 Å². The molecule has 5 nitrogen and oxygen atoms in total. The molecule has 0 aromatic carbocycles. The molecule has 0 fully saturated rings. The van der Waals surface area contributed by atoms with Crippen molar-refractivity contribution in [2.45, 2.75) is 0 Å². The minimum atomic E-state index is -0.397. The second-order valence-electron chi connectivity index (χ2n) is 3.37. The van der Waals surface area contributed by atoms with E-state index in [1.165, 1.54) is 24.6 Å². The predicted octanol–water partition coefficient (Wildman–Crippen LogP) is 2.91. The van der Waals surface area contributed by atoms with Crippen LogP contribution in [0.5, 0.6) is 0 Å². The summed E-state index contributed by atoms with van der Waals surface area (Å²) in [6.07, 6.45) is 1.45. The molecule has 2 heterocycles. The van der Waals surface area contributed by atoms with Gasteiger partial charge in [0.15, 0.2) is 0 Å². The summed E-state index contributed by atoms with van der Waals surface area (Å²) in [4.78, 5) is 15.8. The topological polar surface area (TPSA) is 77.2 Å². The molecule has 0 aliphatic carbocycles. The van der Waals surface area contributed by atoms with Crippen molar-refractivity contribution in [2.75, 3.05) is 18.2 Å². The Morgan fingerprint density at radius 3 is 3.06 bits per heavy atom. The number of anilines is 3. The molecule has 18 heavy (non-hydrogen) atoms. The fourth-order valence-electron chi connectivity index (χ4n) is 1.35. The number of nitrogens with two attached hydrogens (primary N) is 1. The van der Waals surface area contributed by atoms with Gasteiger partial charge in [0.05, 0.1) is 30.4 Å². The summed E-state index contributed by atoms with van der Waals surface area (Å²) < 4.78 is 4.69. The number of carbonyl (C=O) groups excluding carboxylic acids is 1. The number of hydrogen-bond donors (Lipinski definition) is 2. The van der Waals surface area contributed by atoms with Gasteiger partial charge in [-0.2, -0.15) is 0 Å². The number of nitrogens with zero attached hydrogens (tertiary/aromatic N) is 1. The summed E-state index contributed by atoms with van der Waals surface area (Å²) in [7, 11) is 1.34. The Hall–Kier alpha value is -1.79. The fourth-order valence-corrected chi connectivity index (χ4v) is 2.28. The summed E-state index contributed by atoms with van der Waals surface area (Å²) in [5.74, 6) is -0.397. The standard InChI is InChI=1S/C11H10ClN3O2S/c1-17-11(16)10-7(2-3-18-10)15-8-4-9(12)14-5-6(8)13/h2-5H,13H2,1H3,(H,14,15). The number of esters is 1. The summed E-state index contributed by atoms with van der Waals surface area (Å²) in [6.45, 7) is 0. The minimum absolute atomic E-state index is 0.321. The molecule has 94 valence electrons. The highest BCUT2D eigenvalue weighted by Gasteiger charge is 2.14. The number of thiophene rings is 1. The highest BCUT2D eigenvalue weighted by molar-refractivity contribution is 7.12. The van der Waals surface area contributed by atoms with Gasteiger partial charge in [-0.05, 0) is 11.4 Å². The van der Waals surface area contributed by atoms with E-state index in [0.717, 1.165) is 0 Å². The van der Waals surface area contributed by atoms with Crippen LogP contribution in [-0.4, -0.2) is 18.1 Å². The average Bonchev–Trinajstić information content (AvgIpc) is 2.81. The minimum Gasteiger partial charge on any atom is -0.465 e. The molecule has 0 amide bonds. The smallest absolute Gasteiger partial charge is 0.350 e. The van der Waals surface area contributed by atoms with Crippen molar-refractivity contribution in [3.63, 3.8) is 0 Å². The van der Waals surface area contributed by atoms with Gasteiger partial charge in [0.1, 0.15) is 10.0 Å². The van der Waals surface area contributed by atoms with Gasteiger partial charge in [-0.25, -0.2) is 9.78 Å². The molecule has 0 aliphatic heterocycles. The number of aromatic nitrogens is 1. The van der Waals surface area contributed by atoms with Crippen molar-refractivity contribution in [3.8, 4) is 0 Å². The Bertz CT molecular complexity index is 585. The maximum atomic E-state index is 11.5. The largest absolute Gasteiger partial charge is 0.465 e. The predicted molar refractivity (Wildman–Crippen MR) is 72.6 cm³/mol. The van der Waals surface area contributed by atoms with E-state index < -0.39 is 5.97 Å². The number of ether oxygens (including phenoxy) is 1. The first-order chi connectivity index (χ1) is 8.61. The number of carbonyl (C=O) groups is 1. The van der Waals surface area contributed by atoms with Gasteiger partial charge in [0.25, 0.3) is 0 Å². The van der Waals surface area contributed by atoms with Gasteiger partial charge in [-0.1, -0.05) is 11.6 Å². The maximum Gasteiger partial charge on any atom is 0.350 e. The Morgan fingerprint density at radius 2 is 2.33 bits per heavy atom. The number of pyridine rings is 1. The van der Waals surface area contributed by atoms with Crippen molar-refractivity contribution in [1.82, 2.24) is 4.98 Å². The number of nitrogens with one attached hydrogen (secondary N) is 1. The molecule has 2 aromatic heterocycles. The lowest BCUT2D eigenvalue weighted by molar-refractivity contribution is 0.0607. The van der Waals surface area contributed by atoms with Gasteiger partial charge in [-0.3, -0.25) is 0 Å². The lowest BCUT2D eigenvalue weighted by Crippen LogP contribution is -2.03. The molecule has 0 unspecified atom stereocenters. The molecular weight excluding hydrogens is 274 g/mol.